The molecule has 1 saturated carbocycles. The van der Waals surface area contributed by atoms with Crippen molar-refractivity contribution in [3.8, 4) is 17.0 Å². The molecular weight excluding hydrogens is 430 g/mol. The Morgan fingerprint density at radius 1 is 1.26 bits per heavy atom. The first-order valence-electron chi connectivity index (χ1n) is 6.99. The van der Waals surface area contributed by atoms with Gasteiger partial charge in [-0.25, -0.2) is 0 Å². The second kappa shape index (κ2) is 5.63. The molecule has 2 radical (unpaired) electrons. The van der Waals surface area contributed by atoms with Gasteiger partial charge in [0.15, 0.2) is 0 Å². The van der Waals surface area contributed by atoms with E-state index in [9.17, 15) is 9.50 Å². The summed E-state index contributed by atoms with van der Waals surface area (Å²) in [4.78, 5) is 0. The molecule has 8 heteroatoms. The van der Waals surface area contributed by atoms with Crippen LogP contribution in [0.3, 0.4) is 0 Å². The van der Waals surface area contributed by atoms with Gasteiger partial charge in [0.05, 0.1) is 0 Å². The Hall–Kier alpha value is -1.35. The zero-order valence-electron chi connectivity index (χ0n) is 11.8. The van der Waals surface area contributed by atoms with E-state index in [1.807, 2.05) is 12.1 Å². The second-order valence-corrected chi connectivity index (χ2v) is 7.60. The molecule has 0 aliphatic heterocycles. The van der Waals surface area contributed by atoms with Crippen LogP contribution in [-0.2, 0) is 0 Å². The molecule has 3 aromatic rings. The molecule has 4 rings (SSSR count). The van der Waals surface area contributed by atoms with Crippen LogP contribution < -0.4 is 21.0 Å². The molecular formula is C15H10BClFIN3O-. The molecule has 1 aliphatic carbocycles. The summed E-state index contributed by atoms with van der Waals surface area (Å²) in [6.45, 7) is 0. The fraction of sp³-hybridized carbons (Fsp3) is 0.200. The zero-order chi connectivity index (χ0) is 16.1. The van der Waals surface area contributed by atoms with E-state index in [1.54, 1.807) is 0 Å². The van der Waals surface area contributed by atoms with Crippen molar-refractivity contribution in [2.75, 3.05) is 0 Å². The third-order valence-corrected chi connectivity index (χ3v) is 5.63. The first kappa shape index (κ1) is 15.2. The quantitative estimate of drug-likeness (QED) is 0.470. The normalized spacial score (nSPS) is 14.7. The summed E-state index contributed by atoms with van der Waals surface area (Å²) in [7, 11) is 0. The average Bonchev–Trinajstić information content (AvgIpc) is 3.30. The Kier molecular flexibility index (Phi) is 3.72. The molecule has 0 spiro atoms. The van der Waals surface area contributed by atoms with Crippen molar-refractivity contribution in [1.82, 2.24) is 14.8 Å². The van der Waals surface area contributed by atoms with Crippen LogP contribution in [0.25, 0.3) is 22.3 Å². The van der Waals surface area contributed by atoms with Crippen LogP contribution in [0.1, 0.15) is 18.9 Å². The van der Waals surface area contributed by atoms with Gasteiger partial charge in [0, 0.05) is 0 Å². The predicted molar refractivity (Wildman–Crippen MR) is 82.3 cm³/mol. The van der Waals surface area contributed by atoms with Gasteiger partial charge in [-0.2, -0.15) is 0 Å². The summed E-state index contributed by atoms with van der Waals surface area (Å²) in [5.74, 6) is -0.728. The van der Waals surface area contributed by atoms with E-state index in [0.717, 1.165) is 33.6 Å². The Morgan fingerprint density at radius 3 is 2.74 bits per heavy atom. The van der Waals surface area contributed by atoms with Gasteiger partial charge in [0.2, 0.25) is 0 Å². The van der Waals surface area contributed by atoms with Crippen LogP contribution in [-0.4, -0.2) is 25.6 Å². The van der Waals surface area contributed by atoms with Crippen molar-refractivity contribution in [3.05, 3.63) is 38.8 Å². The molecule has 0 bridgehead atoms. The molecule has 0 atom stereocenters. The number of nitrogens with zero attached hydrogens (tertiary/aromatic N) is 3. The van der Waals surface area contributed by atoms with Crippen molar-refractivity contribution >= 4 is 28.3 Å². The Morgan fingerprint density at radius 2 is 2.04 bits per heavy atom. The van der Waals surface area contributed by atoms with Crippen molar-refractivity contribution < 1.29 is 30.5 Å². The molecule has 2 aromatic heterocycles. The zero-order valence-corrected chi connectivity index (χ0v) is 14.7. The number of fused-ring (bicyclic) bond motifs is 1. The number of hydrogen-bond acceptors (Lipinski definition) is 3. The summed E-state index contributed by atoms with van der Waals surface area (Å²) >= 11 is 5.28. The summed E-state index contributed by atoms with van der Waals surface area (Å²) in [5, 5.41) is 18.4. The average molecular weight is 440 g/mol. The molecule has 1 aromatic carbocycles. The first-order chi connectivity index (χ1) is 11.1. The Labute approximate surface area is 148 Å². The van der Waals surface area contributed by atoms with Gasteiger partial charge in [-0.3, -0.25) is 0 Å². The minimum atomic E-state index is -0.571. The van der Waals surface area contributed by atoms with E-state index in [2.05, 4.69) is 14.8 Å². The van der Waals surface area contributed by atoms with Gasteiger partial charge in [-0.05, 0) is 0 Å². The molecule has 2 heterocycles. The van der Waals surface area contributed by atoms with E-state index >= 15 is 0 Å². The van der Waals surface area contributed by atoms with Crippen molar-refractivity contribution in [2.45, 2.75) is 18.9 Å². The first-order valence-corrected chi connectivity index (χ1v) is 9.69. The summed E-state index contributed by atoms with van der Waals surface area (Å²) in [6, 6.07) is 6.51. The second-order valence-electron chi connectivity index (χ2n) is 5.46. The van der Waals surface area contributed by atoms with E-state index in [4.69, 9.17) is 17.3 Å². The summed E-state index contributed by atoms with van der Waals surface area (Å²) < 4.78 is 16.9. The van der Waals surface area contributed by atoms with E-state index in [-0.39, 0.29) is 16.3 Å². The Bertz CT molecular complexity index is 929. The van der Waals surface area contributed by atoms with Crippen LogP contribution in [0.2, 0.25) is 5.02 Å². The number of aromatic hydroxyl groups is 1. The maximum absolute atomic E-state index is 13.6. The number of hydrogen-bond donors (Lipinski definition) is 1. The molecule has 0 amide bonds. The molecule has 1 N–H and O–H groups in total. The molecule has 116 valence electrons. The van der Waals surface area contributed by atoms with Crippen molar-refractivity contribution in [1.29, 1.82) is 0 Å². The maximum atomic E-state index is 13.6. The van der Waals surface area contributed by atoms with Crippen LogP contribution in [0.15, 0.2) is 24.3 Å². The topological polar surface area (TPSA) is 50.9 Å². The number of aromatic nitrogens is 3. The number of phenolic OH excluding ortho intramolecular Hbond substituents is 1. The van der Waals surface area contributed by atoms with Crippen LogP contribution >= 0.6 is 11.6 Å². The summed E-state index contributed by atoms with van der Waals surface area (Å²) in [6.07, 6.45) is 2.24. The molecule has 0 saturated heterocycles. The van der Waals surface area contributed by atoms with Crippen LogP contribution in [0, 0.1) is 9.52 Å². The standard InChI is InChI=1S/C15H10BClFIN3O/c16-19-14-6-12-13(22(14)8-1-2-8)5-11(20-21-12)9-3-7(18)4-10(17)15(9)23/h3-6,8,23H,1-2H2/q-1. The number of halogens is 3. The Balaban J connectivity index is 1.94. The van der Waals surface area contributed by atoms with Gasteiger partial charge in [-0.15, -0.1) is 0 Å². The molecule has 4 nitrogen and oxygen atoms in total. The van der Waals surface area contributed by atoms with Crippen molar-refractivity contribution in [3.63, 3.8) is 0 Å². The van der Waals surface area contributed by atoms with Gasteiger partial charge < -0.3 is 0 Å². The predicted octanol–water partition coefficient (Wildman–Crippen LogP) is 0.273. The molecule has 0 unspecified atom stereocenters. The third kappa shape index (κ3) is 2.59. The number of rotatable bonds is 3. The third-order valence-electron chi connectivity index (χ3n) is 3.87. The van der Waals surface area contributed by atoms with Crippen LogP contribution in [0.5, 0.6) is 5.75 Å². The van der Waals surface area contributed by atoms with Gasteiger partial charge in [0.25, 0.3) is 0 Å². The van der Waals surface area contributed by atoms with Crippen LogP contribution in [0.4, 0.5) is 4.39 Å². The minimum absolute atomic E-state index is 0.0482. The fourth-order valence-corrected chi connectivity index (χ4v) is 4.30. The fourth-order valence-electron chi connectivity index (χ4n) is 2.67. The van der Waals surface area contributed by atoms with E-state index < -0.39 is 26.8 Å². The van der Waals surface area contributed by atoms with Gasteiger partial charge >= 0.3 is 148 Å². The van der Waals surface area contributed by atoms with Gasteiger partial charge in [0.1, 0.15) is 0 Å². The number of phenols is 1. The SMILES string of the molecule is [B][I-]c1cc2nnc(-c3cc(F)cc(Cl)c3O)cc2n1C1CC1. The van der Waals surface area contributed by atoms with E-state index in [0.29, 0.717) is 11.7 Å². The number of benzene rings is 1. The monoisotopic (exact) mass is 440 g/mol. The molecule has 1 fully saturated rings. The molecule has 1 aliphatic rings. The van der Waals surface area contributed by atoms with Gasteiger partial charge in [-0.1, -0.05) is 0 Å². The molecule has 23 heavy (non-hydrogen) atoms. The van der Waals surface area contributed by atoms with Crippen molar-refractivity contribution in [2.24, 2.45) is 0 Å². The summed E-state index contributed by atoms with van der Waals surface area (Å²) in [5.41, 5.74) is 8.23. The van der Waals surface area contributed by atoms with E-state index in [1.165, 1.54) is 6.07 Å².